The van der Waals surface area contributed by atoms with Crippen molar-refractivity contribution < 1.29 is 17.2 Å². The van der Waals surface area contributed by atoms with E-state index < -0.39 is 50.2 Å². The maximum Gasteiger partial charge on any atom is 0.336 e. The maximum absolute atomic E-state index is 14.8. The minimum Gasteiger partial charge on any atom is -0.338 e. The monoisotopic (exact) mass is 557 g/mol. The van der Waals surface area contributed by atoms with Gasteiger partial charge in [0.15, 0.2) is 0 Å². The second-order valence-electron chi connectivity index (χ2n) is 9.73. The zero-order chi connectivity index (χ0) is 28.4. The van der Waals surface area contributed by atoms with E-state index in [9.17, 15) is 31.6 Å². The van der Waals surface area contributed by atoms with Crippen molar-refractivity contribution in [2.45, 2.75) is 32.7 Å². The van der Waals surface area contributed by atoms with E-state index in [0.717, 1.165) is 27.5 Å². The minimum absolute atomic E-state index is 0.0114. The van der Waals surface area contributed by atoms with Crippen LogP contribution in [0.2, 0.25) is 0 Å². The average Bonchev–Trinajstić information content (AvgIpc) is 3.68. The van der Waals surface area contributed by atoms with Crippen molar-refractivity contribution in [1.29, 1.82) is 0 Å². The van der Waals surface area contributed by atoms with Crippen LogP contribution in [0.3, 0.4) is 0 Å². The topological polar surface area (TPSA) is 124 Å². The van der Waals surface area contributed by atoms with E-state index in [-0.39, 0.29) is 33.7 Å². The fourth-order valence-corrected chi connectivity index (χ4v) is 5.19. The fraction of sp³-hybridized carbons (Fsp3) is 0.269. The Hall–Kier alpha value is -4.26. The van der Waals surface area contributed by atoms with Crippen LogP contribution in [0.25, 0.3) is 16.6 Å². The largest absolute Gasteiger partial charge is 0.338 e. The molecule has 1 saturated carbocycles. The van der Waals surface area contributed by atoms with Gasteiger partial charge in [-0.3, -0.25) is 28.0 Å². The molecule has 1 fully saturated rings. The highest BCUT2D eigenvalue weighted by atomic mass is 32.2. The maximum atomic E-state index is 14.8. The Morgan fingerprint density at radius 1 is 0.923 bits per heavy atom. The molecule has 2 aromatic heterocycles. The summed E-state index contributed by atoms with van der Waals surface area (Å²) in [5.74, 6) is -1.53. The van der Waals surface area contributed by atoms with Crippen LogP contribution in [0.15, 0.2) is 50.8 Å². The number of aryl methyl sites for hydroxylation is 2. The Balaban J connectivity index is 1.91. The zero-order valence-corrected chi connectivity index (χ0v) is 22.3. The Kier molecular flexibility index (Phi) is 6.21. The van der Waals surface area contributed by atoms with Crippen LogP contribution in [0.1, 0.15) is 30.0 Å². The second kappa shape index (κ2) is 9.19. The van der Waals surface area contributed by atoms with E-state index in [1.54, 1.807) is 13.0 Å². The van der Waals surface area contributed by atoms with E-state index >= 15 is 0 Å². The number of nitrogens with zero attached hydrogens (tertiary/aromatic N) is 3. The molecule has 0 amide bonds. The lowest BCUT2D eigenvalue weighted by Gasteiger charge is -2.21. The standard InChI is InChI=1S/C26H25F2N5O5S/c1-13-5-10-19(18(28)11-13)29-23-21-22(14(2)24(34)31(23)3)32(26(36)33(25(21)35)15-6-7-15)16-8-9-17(27)20(12-16)30-39(4,37)38/h5,8-12,15,29-30H,6-7H2,1-4H3. The average molecular weight is 558 g/mol. The van der Waals surface area contributed by atoms with Gasteiger partial charge in [-0.25, -0.2) is 22.0 Å². The van der Waals surface area contributed by atoms with E-state index in [0.29, 0.717) is 18.4 Å². The van der Waals surface area contributed by atoms with Crippen molar-refractivity contribution in [3.05, 3.63) is 90.4 Å². The normalized spacial score (nSPS) is 13.6. The van der Waals surface area contributed by atoms with Crippen LogP contribution in [0.4, 0.5) is 26.0 Å². The molecule has 2 aromatic carbocycles. The van der Waals surface area contributed by atoms with Crippen molar-refractivity contribution in [3.63, 3.8) is 0 Å². The molecule has 4 aromatic rings. The van der Waals surface area contributed by atoms with Gasteiger partial charge < -0.3 is 5.32 Å². The van der Waals surface area contributed by atoms with Crippen molar-refractivity contribution >= 4 is 38.1 Å². The highest BCUT2D eigenvalue weighted by Crippen LogP contribution is 2.34. The van der Waals surface area contributed by atoms with Gasteiger partial charge in [-0.1, -0.05) is 6.07 Å². The molecule has 2 N–H and O–H groups in total. The molecule has 0 spiro atoms. The van der Waals surface area contributed by atoms with Crippen LogP contribution in [0, 0.1) is 25.5 Å². The molecule has 39 heavy (non-hydrogen) atoms. The summed E-state index contributed by atoms with van der Waals surface area (Å²) >= 11 is 0. The van der Waals surface area contributed by atoms with Crippen LogP contribution in [-0.4, -0.2) is 28.4 Å². The summed E-state index contributed by atoms with van der Waals surface area (Å²) in [6, 6.07) is 7.37. The van der Waals surface area contributed by atoms with E-state index in [4.69, 9.17) is 0 Å². The predicted octanol–water partition coefficient (Wildman–Crippen LogP) is 3.20. The van der Waals surface area contributed by atoms with Gasteiger partial charge >= 0.3 is 5.69 Å². The molecule has 13 heteroatoms. The summed E-state index contributed by atoms with van der Waals surface area (Å²) in [7, 11) is -2.45. The third-order valence-electron chi connectivity index (χ3n) is 6.64. The Morgan fingerprint density at radius 3 is 2.23 bits per heavy atom. The molecule has 204 valence electrons. The third kappa shape index (κ3) is 4.62. The van der Waals surface area contributed by atoms with E-state index in [2.05, 4.69) is 10.0 Å². The number of pyridine rings is 1. The lowest BCUT2D eigenvalue weighted by atomic mass is 10.1. The van der Waals surface area contributed by atoms with Crippen LogP contribution in [0.5, 0.6) is 0 Å². The lowest BCUT2D eigenvalue weighted by molar-refractivity contribution is 0.603. The second-order valence-corrected chi connectivity index (χ2v) is 11.5. The number of nitrogens with one attached hydrogen (secondary N) is 2. The summed E-state index contributed by atoms with van der Waals surface area (Å²) in [6.45, 7) is 3.16. The Labute approximate surface area is 221 Å². The number of hydrogen-bond donors (Lipinski definition) is 2. The molecule has 1 aliphatic rings. The summed E-state index contributed by atoms with van der Waals surface area (Å²) < 4.78 is 58.3. The fourth-order valence-electron chi connectivity index (χ4n) is 4.63. The van der Waals surface area contributed by atoms with Crippen LogP contribution in [-0.2, 0) is 17.1 Å². The first-order valence-corrected chi connectivity index (χ1v) is 13.9. The number of fused-ring (bicyclic) bond motifs is 1. The number of anilines is 3. The lowest BCUT2D eigenvalue weighted by Crippen LogP contribution is -2.41. The van der Waals surface area contributed by atoms with Crippen LogP contribution < -0.4 is 26.8 Å². The Bertz CT molecular complexity index is 1970. The summed E-state index contributed by atoms with van der Waals surface area (Å²) in [6.07, 6.45) is 2.00. The van der Waals surface area contributed by atoms with Gasteiger partial charge in [0.1, 0.15) is 22.8 Å². The molecule has 10 nitrogen and oxygen atoms in total. The number of hydrogen-bond acceptors (Lipinski definition) is 6. The first-order valence-electron chi connectivity index (χ1n) is 12.0. The van der Waals surface area contributed by atoms with E-state index in [1.165, 1.54) is 36.7 Å². The molecular weight excluding hydrogens is 532 g/mol. The molecule has 0 bridgehead atoms. The van der Waals surface area contributed by atoms with Crippen molar-refractivity contribution in [3.8, 4) is 5.69 Å². The van der Waals surface area contributed by atoms with Gasteiger partial charge in [0.25, 0.3) is 11.1 Å². The first kappa shape index (κ1) is 26.4. The molecule has 1 aliphatic carbocycles. The van der Waals surface area contributed by atoms with Gasteiger partial charge in [0.2, 0.25) is 10.0 Å². The number of rotatable bonds is 6. The predicted molar refractivity (Wildman–Crippen MR) is 145 cm³/mol. The SMILES string of the molecule is Cc1ccc(Nc2c3c(=O)n(C4CC4)c(=O)n(-c4ccc(F)c(NS(C)(=O)=O)c4)c3c(C)c(=O)n2C)c(F)c1. The number of sulfonamides is 1. The van der Waals surface area contributed by atoms with Crippen molar-refractivity contribution in [1.82, 2.24) is 13.7 Å². The molecule has 0 aliphatic heterocycles. The number of aromatic nitrogens is 3. The van der Waals surface area contributed by atoms with Crippen molar-refractivity contribution in [2.75, 3.05) is 16.3 Å². The first-order chi connectivity index (χ1) is 18.3. The summed E-state index contributed by atoms with van der Waals surface area (Å²) in [5.41, 5.74) is -1.73. The summed E-state index contributed by atoms with van der Waals surface area (Å²) in [4.78, 5) is 41.0. The number of halogens is 2. The minimum atomic E-state index is -3.87. The quantitative estimate of drug-likeness (QED) is 0.375. The van der Waals surface area contributed by atoms with Crippen molar-refractivity contribution in [2.24, 2.45) is 7.05 Å². The molecule has 2 heterocycles. The van der Waals surface area contributed by atoms with Crippen LogP contribution >= 0.6 is 0 Å². The summed E-state index contributed by atoms with van der Waals surface area (Å²) in [5, 5.41) is 2.81. The van der Waals surface area contributed by atoms with E-state index in [1.807, 2.05) is 0 Å². The molecular formula is C26H25F2N5O5S. The number of benzene rings is 2. The Morgan fingerprint density at radius 2 is 1.62 bits per heavy atom. The molecule has 0 atom stereocenters. The highest BCUT2D eigenvalue weighted by molar-refractivity contribution is 7.92. The van der Waals surface area contributed by atoms with Gasteiger partial charge in [0, 0.05) is 18.7 Å². The molecule has 0 radical (unpaired) electrons. The van der Waals surface area contributed by atoms with Gasteiger partial charge in [0.05, 0.1) is 28.8 Å². The molecule has 0 unspecified atom stereocenters. The third-order valence-corrected chi connectivity index (χ3v) is 7.23. The molecule has 5 rings (SSSR count). The zero-order valence-electron chi connectivity index (χ0n) is 21.5. The smallest absolute Gasteiger partial charge is 0.336 e. The van der Waals surface area contributed by atoms with Gasteiger partial charge in [-0.2, -0.15) is 0 Å². The highest BCUT2D eigenvalue weighted by Gasteiger charge is 2.32. The van der Waals surface area contributed by atoms with Gasteiger partial charge in [-0.05, 0) is 62.6 Å². The molecule has 0 saturated heterocycles. The van der Waals surface area contributed by atoms with Gasteiger partial charge in [-0.15, -0.1) is 0 Å².